The lowest BCUT2D eigenvalue weighted by Crippen LogP contribution is -2.08. The van der Waals surface area contributed by atoms with Crippen LogP contribution in [0, 0.1) is 0 Å². The van der Waals surface area contributed by atoms with Gasteiger partial charge in [0.1, 0.15) is 0 Å². The number of carbonyl (C=O) groups excluding carboxylic acids is 2. The zero-order valence-corrected chi connectivity index (χ0v) is 21.1. The highest BCUT2D eigenvalue weighted by Crippen LogP contribution is 2.31. The van der Waals surface area contributed by atoms with Gasteiger partial charge in [-0.25, -0.2) is 0 Å². The number of halogens is 5. The number of aliphatic hydroxyl groups excluding tert-OH is 1. The van der Waals surface area contributed by atoms with Crippen LogP contribution in [0.1, 0.15) is 32.4 Å². The molecule has 2 aromatic rings. The predicted octanol–water partition coefficient (Wildman–Crippen LogP) is 7.15. The summed E-state index contributed by atoms with van der Waals surface area (Å²) in [5.74, 6) is -0.302. The zero-order valence-electron chi connectivity index (χ0n) is 14.9. The average molecular weight is 636 g/mol. The Morgan fingerprint density at radius 2 is 1.28 bits per heavy atom. The van der Waals surface area contributed by atoms with Gasteiger partial charge < -0.3 is 15.7 Å². The Morgan fingerprint density at radius 1 is 0.897 bits per heavy atom. The molecule has 3 N–H and O–H groups in total. The molecule has 0 saturated carbocycles. The lowest BCUT2D eigenvalue weighted by Gasteiger charge is -2.09. The Labute approximate surface area is 205 Å². The van der Waals surface area contributed by atoms with E-state index in [9.17, 15) is 9.59 Å². The summed E-state index contributed by atoms with van der Waals surface area (Å²) >= 11 is 21.7. The lowest BCUT2D eigenvalue weighted by molar-refractivity contribution is -0.115. The van der Waals surface area contributed by atoms with Crippen LogP contribution in [-0.2, 0) is 21.5 Å². The number of hydrogen-bond acceptors (Lipinski definition) is 3. The number of rotatable bonds is 4. The molecule has 0 spiro atoms. The molecule has 0 aliphatic rings. The van der Waals surface area contributed by atoms with Gasteiger partial charge in [0.15, 0.2) is 0 Å². The van der Waals surface area contributed by atoms with Gasteiger partial charge in [0.25, 0.3) is 0 Å². The summed E-state index contributed by atoms with van der Waals surface area (Å²) in [4.78, 5) is 21.7. The second-order valence-corrected chi connectivity index (χ2v) is 8.58. The van der Waals surface area contributed by atoms with E-state index in [1.807, 2.05) is 6.07 Å². The molecule has 2 amide bonds. The molecule has 29 heavy (non-hydrogen) atoms. The molecule has 0 aliphatic carbocycles. The Hall–Kier alpha value is -0.640. The van der Waals surface area contributed by atoms with Crippen LogP contribution in [0.2, 0.25) is 10.0 Å². The minimum atomic E-state index is -0.196. The number of alkyl halides is 1. The third-order valence-corrected chi connectivity index (χ3v) is 6.23. The predicted molar refractivity (Wildman–Crippen MR) is 132 cm³/mol. The van der Waals surface area contributed by atoms with Gasteiger partial charge in [-0.2, -0.15) is 0 Å². The lowest BCUT2D eigenvalue weighted by atomic mass is 10.2. The number of anilines is 2. The molecule has 2 rings (SSSR count). The normalized spacial score (nSPS) is 9.66. The molecule has 0 bridgehead atoms. The van der Waals surface area contributed by atoms with Crippen molar-refractivity contribution in [3.05, 3.63) is 54.4 Å². The Balaban J connectivity index is 0.000000523. The molecule has 10 heteroatoms. The van der Waals surface area contributed by atoms with Gasteiger partial charge in [0.2, 0.25) is 11.8 Å². The van der Waals surface area contributed by atoms with Crippen LogP contribution < -0.4 is 10.6 Å². The van der Waals surface area contributed by atoms with E-state index >= 15 is 0 Å². The van der Waals surface area contributed by atoms with Crippen molar-refractivity contribution in [3.8, 4) is 0 Å². The van der Waals surface area contributed by atoms with Crippen LogP contribution in [0.3, 0.4) is 0 Å². The van der Waals surface area contributed by atoms with Crippen LogP contribution in [0.15, 0.2) is 33.2 Å². The topological polar surface area (TPSA) is 78.4 Å². The van der Waals surface area contributed by atoms with E-state index in [-0.39, 0.29) is 25.8 Å². The molecule has 5 nitrogen and oxygen atoms in total. The van der Waals surface area contributed by atoms with E-state index in [2.05, 4.69) is 58.4 Å². The Bertz CT molecular complexity index is 809. The van der Waals surface area contributed by atoms with Crippen LogP contribution in [0.25, 0.3) is 0 Å². The van der Waals surface area contributed by atoms with Gasteiger partial charge in [-0.15, -0.1) is 0 Å². The zero-order chi connectivity index (χ0) is 21.4. The summed E-state index contributed by atoms with van der Waals surface area (Å²) in [7, 11) is 0. The first kappa shape index (κ1) is 28.4. The fourth-order valence-electron chi connectivity index (χ4n) is 2.03. The second kappa shape index (κ2) is 13.6. The highest BCUT2D eigenvalue weighted by atomic mass is 79.9. The van der Waals surface area contributed by atoms with E-state index in [1.54, 1.807) is 18.2 Å². The molecule has 0 fully saturated rings. The fourth-order valence-corrected chi connectivity index (χ4v) is 3.60. The quantitative estimate of drug-likeness (QED) is 0.313. The molecule has 0 heterocycles. The van der Waals surface area contributed by atoms with Gasteiger partial charge in [-0.1, -0.05) is 46.6 Å². The molecule has 0 radical (unpaired) electrons. The van der Waals surface area contributed by atoms with Crippen LogP contribution in [0.5, 0.6) is 0 Å². The van der Waals surface area contributed by atoms with E-state index in [0.29, 0.717) is 31.1 Å². The smallest absolute Gasteiger partial charge is 0.221 e. The largest absolute Gasteiger partial charge is 0.392 e. The SMILES string of the molecule is C.CC(=O)Nc1cc(Cl)c(Br)cc1CBr.CC(=O)Nc1cc(Cl)c(Br)cc1CO. The standard InChI is InChI=1S/C9H8Br2ClNO.C9H9BrClNO2.CH4/c1-5(14)13-9-3-8(12)7(11)2-6(9)4-10;1-5(14)12-9-3-8(11)7(10)2-6(9)4-13;/h2-3H,4H2,1H3,(H,13,14);2-3,13H,4H2,1H3,(H,12,14);1H4. The Kier molecular flexibility index (Phi) is 13.3. The van der Waals surface area contributed by atoms with Gasteiger partial charge in [-0.3, -0.25) is 9.59 Å². The highest BCUT2D eigenvalue weighted by molar-refractivity contribution is 9.11. The van der Waals surface area contributed by atoms with E-state index in [0.717, 1.165) is 15.7 Å². The number of aliphatic hydroxyl groups is 1. The summed E-state index contributed by atoms with van der Waals surface area (Å²) in [6.07, 6.45) is 0. The van der Waals surface area contributed by atoms with Crippen LogP contribution in [-0.4, -0.2) is 16.9 Å². The molecule has 0 aromatic heterocycles. The molecule has 0 aliphatic heterocycles. The molecular weight excluding hydrogens is 615 g/mol. The van der Waals surface area contributed by atoms with E-state index in [4.69, 9.17) is 28.3 Å². The van der Waals surface area contributed by atoms with Crippen molar-refractivity contribution >= 4 is 94.2 Å². The first-order valence-corrected chi connectivity index (χ1v) is 11.2. The third-order valence-electron chi connectivity index (χ3n) is 3.23. The summed E-state index contributed by atoms with van der Waals surface area (Å²) < 4.78 is 1.51. The Morgan fingerprint density at radius 3 is 1.62 bits per heavy atom. The van der Waals surface area contributed by atoms with Crippen molar-refractivity contribution in [3.63, 3.8) is 0 Å². The number of benzene rings is 2. The third kappa shape index (κ3) is 9.36. The summed E-state index contributed by atoms with van der Waals surface area (Å²) in [6.45, 7) is 2.72. The molecule has 160 valence electrons. The highest BCUT2D eigenvalue weighted by Gasteiger charge is 2.08. The van der Waals surface area contributed by atoms with Gasteiger partial charge in [0, 0.05) is 45.1 Å². The van der Waals surface area contributed by atoms with Gasteiger partial charge in [0.05, 0.1) is 16.7 Å². The molecule has 0 atom stereocenters. The van der Waals surface area contributed by atoms with Gasteiger partial charge >= 0.3 is 0 Å². The van der Waals surface area contributed by atoms with E-state index < -0.39 is 0 Å². The van der Waals surface area contributed by atoms with Crippen molar-refractivity contribution < 1.29 is 14.7 Å². The fraction of sp³-hybridized carbons (Fsp3) is 0.263. The van der Waals surface area contributed by atoms with Crippen molar-refractivity contribution in [2.24, 2.45) is 0 Å². The molecular formula is C19H21Br3Cl2N2O3. The first-order chi connectivity index (χ1) is 13.1. The van der Waals surface area contributed by atoms with Gasteiger partial charge in [-0.05, 0) is 61.7 Å². The number of nitrogens with one attached hydrogen (secondary N) is 2. The monoisotopic (exact) mass is 632 g/mol. The van der Waals surface area contributed by atoms with Crippen molar-refractivity contribution in [2.45, 2.75) is 33.2 Å². The van der Waals surface area contributed by atoms with Crippen molar-refractivity contribution in [1.82, 2.24) is 0 Å². The molecule has 0 saturated heterocycles. The molecule has 2 aromatic carbocycles. The average Bonchev–Trinajstić information content (AvgIpc) is 2.60. The summed E-state index contributed by atoms with van der Waals surface area (Å²) in [5, 5.41) is 16.1. The maximum atomic E-state index is 10.9. The first-order valence-electron chi connectivity index (χ1n) is 7.76. The van der Waals surface area contributed by atoms with Crippen LogP contribution >= 0.6 is 71.0 Å². The van der Waals surface area contributed by atoms with E-state index in [1.165, 1.54) is 13.8 Å². The van der Waals surface area contributed by atoms with Crippen LogP contribution in [0.4, 0.5) is 11.4 Å². The summed E-state index contributed by atoms with van der Waals surface area (Å²) in [6, 6.07) is 6.87. The number of hydrogen-bond donors (Lipinski definition) is 3. The number of amides is 2. The molecule has 0 unspecified atom stereocenters. The van der Waals surface area contributed by atoms with Crippen molar-refractivity contribution in [2.75, 3.05) is 10.6 Å². The minimum Gasteiger partial charge on any atom is -0.392 e. The number of carbonyl (C=O) groups is 2. The maximum absolute atomic E-state index is 10.9. The van der Waals surface area contributed by atoms with Crippen molar-refractivity contribution in [1.29, 1.82) is 0 Å². The maximum Gasteiger partial charge on any atom is 0.221 e. The summed E-state index contributed by atoms with van der Waals surface area (Å²) in [5.41, 5.74) is 2.88. The second-order valence-electron chi connectivity index (χ2n) is 5.50. The minimum absolute atomic E-state index is 0.